The van der Waals surface area contributed by atoms with Crippen LogP contribution < -0.4 is 4.74 Å². The van der Waals surface area contributed by atoms with Gasteiger partial charge in [0, 0.05) is 18.2 Å². The highest BCUT2D eigenvalue weighted by Crippen LogP contribution is 2.23. The second-order valence-electron chi connectivity index (χ2n) is 6.71. The third kappa shape index (κ3) is 6.52. The van der Waals surface area contributed by atoms with Crippen LogP contribution in [0.1, 0.15) is 31.7 Å². The van der Waals surface area contributed by atoms with Crippen LogP contribution in [0.25, 0.3) is 16.8 Å². The fraction of sp³-hybridized carbons (Fsp3) is 0.304. The largest absolute Gasteiger partial charge is 0.493 e. The molecule has 0 radical (unpaired) electrons. The van der Waals surface area contributed by atoms with E-state index in [0.717, 1.165) is 16.9 Å². The van der Waals surface area contributed by atoms with Crippen LogP contribution in [0.15, 0.2) is 52.3 Å². The van der Waals surface area contributed by atoms with Crippen LogP contribution in [0.3, 0.4) is 0 Å². The van der Waals surface area contributed by atoms with Crippen molar-refractivity contribution < 1.29 is 23.5 Å². The normalized spacial score (nSPS) is 10.9. The summed E-state index contributed by atoms with van der Waals surface area (Å²) in [6.07, 6.45) is 3.62. The number of carbonyl (C=O) groups excluding carboxylic acids is 2. The molecule has 2 heterocycles. The molecule has 0 saturated heterocycles. The molecule has 0 spiro atoms. The van der Waals surface area contributed by atoms with E-state index in [9.17, 15) is 9.59 Å². The molecule has 0 atom stereocenters. The Morgan fingerprint density at radius 2 is 2.00 bits per heavy atom. The van der Waals surface area contributed by atoms with E-state index in [2.05, 4.69) is 10.2 Å². The third-order valence-corrected chi connectivity index (χ3v) is 5.18. The highest BCUT2D eigenvalue weighted by Gasteiger charge is 2.19. The lowest BCUT2D eigenvalue weighted by Gasteiger charge is -2.19. The number of thiophene rings is 1. The number of hydrogen-bond acceptors (Lipinski definition) is 8. The second kappa shape index (κ2) is 11.8. The SMILES string of the molecule is CCCN(Cc1nnc(-c2cccs2)o1)C(=O)COC(=O)/C=C/c1ccccc1OCC. The molecule has 32 heavy (non-hydrogen) atoms. The Morgan fingerprint density at radius 1 is 1.16 bits per heavy atom. The monoisotopic (exact) mass is 455 g/mol. The maximum atomic E-state index is 12.6. The van der Waals surface area contributed by atoms with E-state index >= 15 is 0 Å². The van der Waals surface area contributed by atoms with Gasteiger partial charge in [0.05, 0.1) is 18.0 Å². The molecule has 2 aromatic heterocycles. The number of para-hydroxylation sites is 1. The first-order valence-corrected chi connectivity index (χ1v) is 11.2. The van der Waals surface area contributed by atoms with Gasteiger partial charge in [-0.25, -0.2) is 4.79 Å². The molecule has 0 aliphatic carbocycles. The van der Waals surface area contributed by atoms with Gasteiger partial charge in [-0.15, -0.1) is 21.5 Å². The number of rotatable bonds is 11. The molecule has 0 unspecified atom stereocenters. The smallest absolute Gasteiger partial charge is 0.331 e. The van der Waals surface area contributed by atoms with Crippen LogP contribution in [0.2, 0.25) is 0 Å². The molecule has 0 aliphatic rings. The summed E-state index contributed by atoms with van der Waals surface area (Å²) in [6, 6.07) is 11.1. The van der Waals surface area contributed by atoms with Crippen LogP contribution in [0, 0.1) is 0 Å². The van der Waals surface area contributed by atoms with Gasteiger partial charge in [0.1, 0.15) is 5.75 Å². The summed E-state index contributed by atoms with van der Waals surface area (Å²) < 4.78 is 16.3. The molecular weight excluding hydrogens is 430 g/mol. The summed E-state index contributed by atoms with van der Waals surface area (Å²) in [5.41, 5.74) is 0.753. The van der Waals surface area contributed by atoms with Crippen LogP contribution in [0.4, 0.5) is 0 Å². The lowest BCUT2D eigenvalue weighted by atomic mass is 10.2. The van der Waals surface area contributed by atoms with Gasteiger partial charge in [0.25, 0.3) is 11.8 Å². The number of carbonyl (C=O) groups is 2. The Hall–Kier alpha value is -3.46. The Labute approximate surface area is 190 Å². The zero-order chi connectivity index (χ0) is 22.8. The summed E-state index contributed by atoms with van der Waals surface area (Å²) in [6.45, 7) is 4.62. The lowest BCUT2D eigenvalue weighted by Crippen LogP contribution is -2.34. The van der Waals surface area contributed by atoms with Gasteiger partial charge in [0.15, 0.2) is 6.61 Å². The quantitative estimate of drug-likeness (QED) is 0.316. The number of benzene rings is 1. The van der Waals surface area contributed by atoms with Crippen LogP contribution in [0.5, 0.6) is 5.75 Å². The third-order valence-electron chi connectivity index (χ3n) is 4.33. The van der Waals surface area contributed by atoms with Crippen molar-refractivity contribution in [1.82, 2.24) is 15.1 Å². The van der Waals surface area contributed by atoms with Gasteiger partial charge < -0.3 is 18.8 Å². The van der Waals surface area contributed by atoms with Gasteiger partial charge >= 0.3 is 5.97 Å². The molecule has 3 aromatic rings. The number of nitrogens with zero attached hydrogens (tertiary/aromatic N) is 3. The van der Waals surface area contributed by atoms with E-state index < -0.39 is 5.97 Å². The van der Waals surface area contributed by atoms with Crippen molar-refractivity contribution in [3.8, 4) is 16.5 Å². The first-order valence-electron chi connectivity index (χ1n) is 10.3. The average Bonchev–Trinajstić information content (AvgIpc) is 3.49. The van der Waals surface area contributed by atoms with Crippen molar-refractivity contribution >= 4 is 29.3 Å². The standard InChI is InChI=1S/C23H25N3O5S/c1-3-13-26(15-20-24-25-23(31-20)19-10-7-14-32-19)21(27)16-30-22(28)12-11-17-8-5-6-9-18(17)29-4-2/h5-12,14H,3-4,13,15-16H2,1-2H3/b12-11+. The zero-order valence-corrected chi connectivity index (χ0v) is 18.8. The number of ether oxygens (including phenoxy) is 2. The molecule has 1 amide bonds. The minimum absolute atomic E-state index is 0.153. The molecule has 168 valence electrons. The van der Waals surface area contributed by atoms with Gasteiger partial charge in [-0.05, 0) is 36.9 Å². The predicted octanol–water partition coefficient (Wildman–Crippen LogP) is 4.19. The van der Waals surface area contributed by atoms with Crippen molar-refractivity contribution in [3.05, 3.63) is 59.3 Å². The zero-order valence-electron chi connectivity index (χ0n) is 18.0. The van der Waals surface area contributed by atoms with E-state index in [0.29, 0.717) is 30.7 Å². The van der Waals surface area contributed by atoms with Crippen molar-refractivity contribution in [2.24, 2.45) is 0 Å². The lowest BCUT2D eigenvalue weighted by molar-refractivity contribution is -0.148. The Kier molecular flexibility index (Phi) is 8.56. The molecule has 0 fully saturated rings. The van der Waals surface area contributed by atoms with Crippen molar-refractivity contribution in [2.45, 2.75) is 26.8 Å². The Balaban J connectivity index is 1.55. The summed E-state index contributed by atoms with van der Waals surface area (Å²) in [4.78, 5) is 27.1. The van der Waals surface area contributed by atoms with Gasteiger partial charge in [-0.2, -0.15) is 0 Å². The molecule has 8 nitrogen and oxygen atoms in total. The summed E-state index contributed by atoms with van der Waals surface area (Å²) >= 11 is 1.49. The molecule has 3 rings (SSSR count). The van der Waals surface area contributed by atoms with E-state index in [1.54, 1.807) is 6.08 Å². The van der Waals surface area contributed by atoms with Crippen LogP contribution in [-0.4, -0.2) is 46.7 Å². The number of aromatic nitrogens is 2. The second-order valence-corrected chi connectivity index (χ2v) is 7.65. The fourth-order valence-electron chi connectivity index (χ4n) is 2.88. The number of hydrogen-bond donors (Lipinski definition) is 0. The van der Waals surface area contributed by atoms with Crippen molar-refractivity contribution in [1.29, 1.82) is 0 Å². The van der Waals surface area contributed by atoms with Gasteiger partial charge in [0.2, 0.25) is 5.89 Å². The number of esters is 1. The molecule has 0 aliphatic heterocycles. The summed E-state index contributed by atoms with van der Waals surface area (Å²) in [5, 5.41) is 9.97. The van der Waals surface area contributed by atoms with E-state index in [4.69, 9.17) is 13.9 Å². The molecular formula is C23H25N3O5S. The maximum Gasteiger partial charge on any atom is 0.331 e. The fourth-order valence-corrected chi connectivity index (χ4v) is 3.52. The molecule has 0 N–H and O–H groups in total. The first-order chi connectivity index (χ1) is 15.6. The van der Waals surface area contributed by atoms with E-state index in [-0.39, 0.29) is 19.1 Å². The minimum Gasteiger partial charge on any atom is -0.493 e. The summed E-state index contributed by atoms with van der Waals surface area (Å²) in [5.74, 6) is 0.473. The van der Waals surface area contributed by atoms with Crippen molar-refractivity contribution in [3.63, 3.8) is 0 Å². The van der Waals surface area contributed by atoms with E-state index in [1.165, 1.54) is 22.3 Å². The molecule has 1 aromatic carbocycles. The maximum absolute atomic E-state index is 12.6. The Morgan fingerprint density at radius 3 is 2.75 bits per heavy atom. The molecule has 0 bridgehead atoms. The van der Waals surface area contributed by atoms with Crippen LogP contribution >= 0.6 is 11.3 Å². The number of amides is 1. The molecule has 0 saturated carbocycles. The van der Waals surface area contributed by atoms with Crippen LogP contribution in [-0.2, 0) is 20.9 Å². The topological polar surface area (TPSA) is 94.8 Å². The minimum atomic E-state index is -0.612. The van der Waals surface area contributed by atoms with Crippen molar-refractivity contribution in [2.75, 3.05) is 19.8 Å². The predicted molar refractivity (Wildman–Crippen MR) is 121 cm³/mol. The van der Waals surface area contributed by atoms with Gasteiger partial charge in [-0.3, -0.25) is 4.79 Å². The highest BCUT2D eigenvalue weighted by atomic mass is 32.1. The van der Waals surface area contributed by atoms with Gasteiger partial charge in [-0.1, -0.05) is 31.2 Å². The molecule has 9 heteroatoms. The first kappa shape index (κ1) is 23.2. The Bertz CT molecular complexity index is 1050. The average molecular weight is 456 g/mol. The van der Waals surface area contributed by atoms with E-state index in [1.807, 2.05) is 55.6 Å². The highest BCUT2D eigenvalue weighted by molar-refractivity contribution is 7.13. The summed E-state index contributed by atoms with van der Waals surface area (Å²) in [7, 11) is 0.